The van der Waals surface area contributed by atoms with Crippen LogP contribution in [0.5, 0.6) is 5.75 Å². The summed E-state index contributed by atoms with van der Waals surface area (Å²) in [5.41, 5.74) is 1.37. The predicted octanol–water partition coefficient (Wildman–Crippen LogP) is 4.15. The molecule has 0 saturated carbocycles. The second kappa shape index (κ2) is 7.59. The van der Waals surface area contributed by atoms with E-state index in [1.165, 1.54) is 18.2 Å². The standard InChI is InChI=1S/C17H11ClN2O5S/c18-14-8-13(25-9-10-1-4-12(5-2-10)20(23)24)6-3-11(14)7-15-16(21)19-17(22)26-15/h1-8H,9H2,(H,19,21,22)/b15-7-. The first-order chi connectivity index (χ1) is 12.4. The Hall–Kier alpha value is -2.84. The number of carbonyl (C=O) groups is 2. The SMILES string of the molecule is O=C1NC(=O)/C(=C/c2ccc(OCc3ccc([N+](=O)[O-])cc3)cc2Cl)S1. The van der Waals surface area contributed by atoms with Gasteiger partial charge in [0, 0.05) is 12.1 Å². The summed E-state index contributed by atoms with van der Waals surface area (Å²) in [5.74, 6) is 0.0599. The van der Waals surface area contributed by atoms with Crippen molar-refractivity contribution in [1.82, 2.24) is 5.32 Å². The van der Waals surface area contributed by atoms with Crippen molar-refractivity contribution in [2.75, 3.05) is 0 Å². The van der Waals surface area contributed by atoms with Crippen molar-refractivity contribution < 1.29 is 19.2 Å². The van der Waals surface area contributed by atoms with Crippen molar-refractivity contribution >= 4 is 46.3 Å². The average Bonchev–Trinajstić information content (AvgIpc) is 2.92. The number of rotatable bonds is 5. The van der Waals surface area contributed by atoms with Crippen LogP contribution in [0.1, 0.15) is 11.1 Å². The highest BCUT2D eigenvalue weighted by Crippen LogP contribution is 2.30. The molecule has 1 heterocycles. The zero-order valence-corrected chi connectivity index (χ0v) is 14.7. The Labute approximate surface area is 157 Å². The summed E-state index contributed by atoms with van der Waals surface area (Å²) in [7, 11) is 0. The molecule has 3 rings (SSSR count). The summed E-state index contributed by atoms with van der Waals surface area (Å²) in [6, 6.07) is 11.0. The predicted molar refractivity (Wildman–Crippen MR) is 98.0 cm³/mol. The van der Waals surface area contributed by atoms with E-state index in [4.69, 9.17) is 16.3 Å². The first-order valence-electron chi connectivity index (χ1n) is 7.33. The number of halogens is 1. The van der Waals surface area contributed by atoms with Gasteiger partial charge in [0.1, 0.15) is 12.4 Å². The molecule has 0 bridgehead atoms. The number of amides is 2. The molecule has 0 spiro atoms. The van der Waals surface area contributed by atoms with Crippen LogP contribution in [-0.4, -0.2) is 16.1 Å². The van der Waals surface area contributed by atoms with Gasteiger partial charge in [-0.25, -0.2) is 0 Å². The van der Waals surface area contributed by atoms with Gasteiger partial charge in [-0.1, -0.05) is 11.6 Å². The van der Waals surface area contributed by atoms with E-state index in [0.717, 1.165) is 17.3 Å². The lowest BCUT2D eigenvalue weighted by molar-refractivity contribution is -0.384. The molecular weight excluding hydrogens is 380 g/mol. The van der Waals surface area contributed by atoms with Crippen molar-refractivity contribution in [3.8, 4) is 5.75 Å². The third-order valence-electron chi connectivity index (χ3n) is 3.45. The lowest BCUT2D eigenvalue weighted by Crippen LogP contribution is -2.17. The minimum atomic E-state index is -0.464. The van der Waals surface area contributed by atoms with Crippen molar-refractivity contribution in [2.45, 2.75) is 6.61 Å². The van der Waals surface area contributed by atoms with Gasteiger partial charge in [-0.15, -0.1) is 0 Å². The molecule has 1 aliphatic heterocycles. The summed E-state index contributed by atoms with van der Waals surface area (Å²) >= 11 is 7.02. The maximum absolute atomic E-state index is 11.6. The number of hydrogen-bond acceptors (Lipinski definition) is 6. The lowest BCUT2D eigenvalue weighted by atomic mass is 10.2. The number of nitrogens with one attached hydrogen (secondary N) is 1. The van der Waals surface area contributed by atoms with E-state index in [0.29, 0.717) is 16.3 Å². The third-order valence-corrected chi connectivity index (χ3v) is 4.59. The van der Waals surface area contributed by atoms with Crippen LogP contribution in [0.25, 0.3) is 6.08 Å². The molecule has 2 aromatic carbocycles. The van der Waals surface area contributed by atoms with Gasteiger partial charge >= 0.3 is 0 Å². The number of carbonyl (C=O) groups excluding carboxylic acids is 2. The quantitative estimate of drug-likeness (QED) is 0.467. The molecule has 132 valence electrons. The number of ether oxygens (including phenoxy) is 1. The topological polar surface area (TPSA) is 98.5 Å². The largest absolute Gasteiger partial charge is 0.489 e. The molecule has 0 atom stereocenters. The van der Waals surface area contributed by atoms with Gasteiger partial charge in [0.25, 0.3) is 16.8 Å². The number of nitro benzene ring substituents is 1. The summed E-state index contributed by atoms with van der Waals surface area (Å²) in [4.78, 5) is 33.2. The van der Waals surface area contributed by atoms with Crippen LogP contribution in [0.2, 0.25) is 5.02 Å². The molecule has 1 saturated heterocycles. The Morgan fingerprint density at radius 1 is 1.19 bits per heavy atom. The third kappa shape index (κ3) is 4.22. The second-order valence-electron chi connectivity index (χ2n) is 5.25. The zero-order chi connectivity index (χ0) is 18.7. The Bertz CT molecular complexity index is 927. The number of hydrogen-bond donors (Lipinski definition) is 1. The summed E-state index contributed by atoms with van der Waals surface area (Å²) < 4.78 is 5.62. The van der Waals surface area contributed by atoms with Crippen LogP contribution < -0.4 is 10.1 Å². The smallest absolute Gasteiger partial charge is 0.290 e. The zero-order valence-electron chi connectivity index (χ0n) is 13.1. The van der Waals surface area contributed by atoms with Crippen molar-refractivity contribution in [1.29, 1.82) is 0 Å². The molecule has 7 nitrogen and oxygen atoms in total. The Morgan fingerprint density at radius 2 is 1.92 bits per heavy atom. The van der Waals surface area contributed by atoms with Crippen molar-refractivity contribution in [2.24, 2.45) is 0 Å². The van der Waals surface area contributed by atoms with Gasteiger partial charge < -0.3 is 4.74 Å². The molecule has 0 unspecified atom stereocenters. The fourth-order valence-electron chi connectivity index (χ4n) is 2.16. The van der Waals surface area contributed by atoms with Crippen LogP contribution in [-0.2, 0) is 11.4 Å². The van der Waals surface area contributed by atoms with Crippen molar-refractivity contribution in [3.63, 3.8) is 0 Å². The monoisotopic (exact) mass is 390 g/mol. The number of thioether (sulfide) groups is 1. The number of non-ortho nitro benzene ring substituents is 1. The van der Waals surface area contributed by atoms with Gasteiger partial charge in [-0.05, 0) is 59.3 Å². The van der Waals surface area contributed by atoms with Crippen LogP contribution in [0.4, 0.5) is 10.5 Å². The highest BCUT2D eigenvalue weighted by atomic mass is 35.5. The molecule has 0 aromatic heterocycles. The first kappa shape index (κ1) is 18.0. The molecule has 0 radical (unpaired) electrons. The van der Waals surface area contributed by atoms with Crippen LogP contribution >= 0.6 is 23.4 Å². The lowest BCUT2D eigenvalue weighted by Gasteiger charge is -2.08. The second-order valence-corrected chi connectivity index (χ2v) is 6.67. The Balaban J connectivity index is 1.68. The summed E-state index contributed by atoms with van der Waals surface area (Å²) in [5, 5.41) is 12.8. The van der Waals surface area contributed by atoms with E-state index in [2.05, 4.69) is 5.32 Å². The Kier molecular flexibility index (Phi) is 5.24. The summed E-state index contributed by atoms with van der Waals surface area (Å²) in [6.07, 6.45) is 1.54. The average molecular weight is 391 g/mol. The maximum atomic E-state index is 11.6. The normalized spacial score (nSPS) is 15.2. The van der Waals surface area contributed by atoms with Gasteiger partial charge in [0.15, 0.2) is 0 Å². The molecule has 1 aliphatic rings. The van der Waals surface area contributed by atoms with E-state index in [9.17, 15) is 19.7 Å². The minimum Gasteiger partial charge on any atom is -0.489 e. The molecule has 1 fully saturated rings. The summed E-state index contributed by atoms with van der Waals surface area (Å²) in [6.45, 7) is 0.224. The van der Waals surface area contributed by atoms with Gasteiger partial charge in [0.05, 0.1) is 14.9 Å². The highest BCUT2D eigenvalue weighted by Gasteiger charge is 2.25. The minimum absolute atomic E-state index is 0.0153. The number of benzene rings is 2. The fraction of sp³-hybridized carbons (Fsp3) is 0.0588. The van der Waals surface area contributed by atoms with Crippen LogP contribution in [0, 0.1) is 10.1 Å². The number of nitrogens with zero attached hydrogens (tertiary/aromatic N) is 1. The van der Waals surface area contributed by atoms with Gasteiger partial charge in [-0.3, -0.25) is 25.0 Å². The van der Waals surface area contributed by atoms with E-state index in [-0.39, 0.29) is 17.2 Å². The van der Waals surface area contributed by atoms with Gasteiger partial charge in [-0.2, -0.15) is 0 Å². The molecule has 9 heteroatoms. The molecule has 26 heavy (non-hydrogen) atoms. The van der Waals surface area contributed by atoms with E-state index in [1.807, 2.05) is 0 Å². The maximum Gasteiger partial charge on any atom is 0.290 e. The van der Waals surface area contributed by atoms with Crippen LogP contribution in [0.3, 0.4) is 0 Å². The number of imide groups is 1. The molecule has 0 aliphatic carbocycles. The number of nitro groups is 1. The van der Waals surface area contributed by atoms with E-state index >= 15 is 0 Å². The molecule has 2 amide bonds. The molecule has 1 N–H and O–H groups in total. The van der Waals surface area contributed by atoms with E-state index < -0.39 is 16.1 Å². The molecular formula is C17H11ClN2O5S. The Morgan fingerprint density at radius 3 is 2.50 bits per heavy atom. The molecule has 2 aromatic rings. The van der Waals surface area contributed by atoms with Gasteiger partial charge in [0.2, 0.25) is 0 Å². The highest BCUT2D eigenvalue weighted by molar-refractivity contribution is 8.18. The van der Waals surface area contributed by atoms with Crippen molar-refractivity contribution in [3.05, 3.63) is 73.6 Å². The van der Waals surface area contributed by atoms with Crippen LogP contribution in [0.15, 0.2) is 47.4 Å². The first-order valence-corrected chi connectivity index (χ1v) is 8.52. The fourth-order valence-corrected chi connectivity index (χ4v) is 3.06. The van der Waals surface area contributed by atoms with E-state index in [1.54, 1.807) is 30.3 Å².